The summed E-state index contributed by atoms with van der Waals surface area (Å²) in [6.45, 7) is 18.6. The molecule has 2 aliphatic carbocycles. The number of aldehydes is 2. The normalized spacial score (nSPS) is 14.0. The number of thiophene rings is 4. The fourth-order valence-electron chi connectivity index (χ4n) is 16.4. The average molecular weight is 1350 g/mol. The second-order valence-corrected chi connectivity index (χ2v) is 32.9. The number of rotatable bonds is 40. The van der Waals surface area contributed by atoms with Crippen molar-refractivity contribution in [2.75, 3.05) is 0 Å². The lowest BCUT2D eigenvalue weighted by Crippen LogP contribution is -2.30. The van der Waals surface area contributed by atoms with Gasteiger partial charge in [-0.25, -0.2) is 0 Å². The molecule has 0 bridgehead atoms. The van der Waals surface area contributed by atoms with Crippen molar-refractivity contribution in [2.24, 2.45) is 11.8 Å². The monoisotopic (exact) mass is 1350 g/mol. The van der Waals surface area contributed by atoms with Crippen molar-refractivity contribution in [3.8, 4) is 40.4 Å². The van der Waals surface area contributed by atoms with Gasteiger partial charge in [0.15, 0.2) is 12.6 Å². The molecule has 0 amide bonds. The van der Waals surface area contributed by atoms with Crippen LogP contribution in [0.2, 0.25) is 0 Å². The summed E-state index contributed by atoms with van der Waals surface area (Å²) in [5.41, 5.74) is 20.3. The molecule has 2 aliphatic rings. The third kappa shape index (κ3) is 15.2. The highest BCUT2D eigenvalue weighted by Gasteiger charge is 2.53. The number of carbonyl (C=O) groups is 2. The van der Waals surface area contributed by atoms with E-state index < -0.39 is 10.8 Å². The van der Waals surface area contributed by atoms with Gasteiger partial charge in [-0.15, -0.1) is 45.3 Å². The quantitative estimate of drug-likeness (QED) is 0.0283. The Hall–Kier alpha value is -5.76. The molecule has 506 valence electrons. The van der Waals surface area contributed by atoms with E-state index in [0.29, 0.717) is 11.8 Å². The van der Waals surface area contributed by atoms with Crippen LogP contribution >= 0.6 is 45.3 Å². The van der Waals surface area contributed by atoms with Gasteiger partial charge < -0.3 is 0 Å². The molecule has 0 fully saturated rings. The van der Waals surface area contributed by atoms with Gasteiger partial charge in [-0.05, 0) is 201 Å². The fourth-order valence-corrected chi connectivity index (χ4v) is 21.2. The van der Waals surface area contributed by atoms with Gasteiger partial charge in [0.25, 0.3) is 0 Å². The topological polar surface area (TPSA) is 34.1 Å². The first-order valence-corrected chi connectivity index (χ1v) is 41.4. The maximum atomic E-state index is 13.0. The Morgan fingerprint density at radius 1 is 0.323 bits per heavy atom. The molecule has 9 aromatic rings. The number of hydrogen-bond donors (Lipinski definition) is 0. The van der Waals surface area contributed by atoms with E-state index in [2.05, 4.69) is 189 Å². The first-order valence-electron chi connectivity index (χ1n) is 38.2. The summed E-state index contributed by atoms with van der Waals surface area (Å²) in [6, 6.07) is 54.9. The Bertz CT molecular complexity index is 3570. The molecule has 0 spiro atoms. The third-order valence-electron chi connectivity index (χ3n) is 22.0. The minimum Gasteiger partial charge on any atom is -0.297 e. The van der Waals surface area contributed by atoms with Crippen molar-refractivity contribution in [3.63, 3.8) is 0 Å². The van der Waals surface area contributed by atoms with Crippen molar-refractivity contribution < 1.29 is 9.59 Å². The van der Waals surface area contributed by atoms with Gasteiger partial charge in [0.1, 0.15) is 0 Å². The molecule has 0 aliphatic heterocycles. The number of aryl methyl sites for hydroxylation is 4. The standard InChI is InChI=1S/C90H110O2S4/c1-9-17-23-27-33-65-37-45-71(46-38-65)89(72-47-39-66(40-48-72)34-28-24-18-10-2)79-57-78-80(58-77(79)87-81(89)59-83(95-87)85-69(55-75(61-91)93-85)53-63(15-7)31-21-13-5)90(73-49-41-67(42-50-73)35-29-25-19-11-3,74-51-43-68(44-52-74)36-30-26-20-12-4)82-60-84(96-88(78)82)86-70(56-76(62-92)94-86)54-64(16-8)32-22-14-6/h37-52,55-64H,9-36,53-54H2,1-8H3. The third-order valence-corrected chi connectivity index (χ3v) is 26.9. The van der Waals surface area contributed by atoms with Crippen LogP contribution in [0, 0.1) is 11.8 Å². The smallest absolute Gasteiger partial charge is 0.160 e. The van der Waals surface area contributed by atoms with Crippen LogP contribution in [0.5, 0.6) is 0 Å². The molecular weight excluding hydrogens is 1240 g/mol. The Morgan fingerprint density at radius 3 is 0.896 bits per heavy atom. The van der Waals surface area contributed by atoms with E-state index in [-0.39, 0.29) is 0 Å². The van der Waals surface area contributed by atoms with Gasteiger partial charge >= 0.3 is 0 Å². The number of carbonyl (C=O) groups excluding carboxylic acids is 2. The molecule has 96 heavy (non-hydrogen) atoms. The van der Waals surface area contributed by atoms with Gasteiger partial charge in [0.05, 0.1) is 20.6 Å². The molecule has 4 aromatic heterocycles. The number of fused-ring (bicyclic) bond motifs is 6. The van der Waals surface area contributed by atoms with E-state index in [1.165, 1.54) is 260 Å². The predicted molar refractivity (Wildman–Crippen MR) is 420 cm³/mol. The first-order chi connectivity index (χ1) is 47.1. The molecule has 0 saturated heterocycles. The van der Waals surface area contributed by atoms with Crippen LogP contribution in [0.4, 0.5) is 0 Å². The van der Waals surface area contributed by atoms with Crippen LogP contribution in [0.3, 0.4) is 0 Å². The van der Waals surface area contributed by atoms with Crippen LogP contribution in [-0.4, -0.2) is 12.6 Å². The van der Waals surface area contributed by atoms with Crippen molar-refractivity contribution in [3.05, 3.63) is 221 Å². The van der Waals surface area contributed by atoms with E-state index >= 15 is 0 Å². The van der Waals surface area contributed by atoms with Crippen LogP contribution in [-0.2, 0) is 49.4 Å². The lowest BCUT2D eigenvalue weighted by Gasteiger charge is -2.36. The Kier molecular flexibility index (Phi) is 25.6. The molecule has 2 unspecified atom stereocenters. The zero-order valence-corrected chi connectivity index (χ0v) is 62.9. The molecule has 0 saturated carbocycles. The van der Waals surface area contributed by atoms with Crippen LogP contribution < -0.4 is 0 Å². The molecule has 2 atom stereocenters. The van der Waals surface area contributed by atoms with Crippen LogP contribution in [0.25, 0.3) is 40.4 Å². The highest BCUT2D eigenvalue weighted by atomic mass is 32.1. The fraction of sp³-hybridized carbons (Fsp3) is 0.467. The van der Waals surface area contributed by atoms with Gasteiger partial charge in [-0.3, -0.25) is 9.59 Å². The summed E-state index contributed by atoms with van der Waals surface area (Å²) in [4.78, 5) is 35.5. The average Bonchev–Trinajstić information content (AvgIpc) is 1.50. The van der Waals surface area contributed by atoms with Gasteiger partial charge in [0.2, 0.25) is 0 Å². The summed E-state index contributed by atoms with van der Waals surface area (Å²) in [5, 5.41) is 0. The zero-order valence-electron chi connectivity index (χ0n) is 59.7. The Morgan fingerprint density at radius 2 is 0.625 bits per heavy atom. The van der Waals surface area contributed by atoms with Crippen molar-refractivity contribution >= 4 is 57.9 Å². The van der Waals surface area contributed by atoms with E-state index in [4.69, 9.17) is 0 Å². The van der Waals surface area contributed by atoms with Crippen molar-refractivity contribution in [1.29, 1.82) is 0 Å². The molecule has 0 N–H and O–H groups in total. The maximum absolute atomic E-state index is 13.0. The summed E-state index contributed by atoms with van der Waals surface area (Å²) >= 11 is 7.36. The molecule has 0 radical (unpaired) electrons. The summed E-state index contributed by atoms with van der Waals surface area (Å²) in [7, 11) is 0. The van der Waals surface area contributed by atoms with Crippen LogP contribution in [0.15, 0.2) is 133 Å². The molecule has 6 heteroatoms. The molecular formula is C90H110O2S4. The minimum atomic E-state index is -0.661. The Labute approximate surface area is 595 Å². The van der Waals surface area contributed by atoms with Crippen molar-refractivity contribution in [2.45, 2.75) is 259 Å². The van der Waals surface area contributed by atoms with E-state index in [0.717, 1.165) is 73.7 Å². The molecule has 4 heterocycles. The molecule has 5 aromatic carbocycles. The predicted octanol–water partition coefficient (Wildman–Crippen LogP) is 27.6. The highest BCUT2D eigenvalue weighted by Crippen LogP contribution is 2.66. The van der Waals surface area contributed by atoms with Crippen LogP contribution in [0.1, 0.15) is 307 Å². The van der Waals surface area contributed by atoms with Crippen molar-refractivity contribution in [1.82, 2.24) is 0 Å². The second kappa shape index (κ2) is 34.3. The number of unbranched alkanes of at least 4 members (excludes halogenated alkanes) is 14. The summed E-state index contributed by atoms with van der Waals surface area (Å²) in [6.07, 6.45) is 37.8. The van der Waals surface area contributed by atoms with E-state index in [1.807, 2.05) is 22.7 Å². The van der Waals surface area contributed by atoms with E-state index in [1.54, 1.807) is 22.7 Å². The summed E-state index contributed by atoms with van der Waals surface area (Å²) in [5.74, 6) is 1.12. The minimum absolute atomic E-state index is 0.561. The second-order valence-electron chi connectivity index (χ2n) is 28.7. The SMILES string of the molecule is CCCCCCc1ccc(C2(c3ccc(CCCCCC)cc3)c3cc4c(cc3-c3sc(-c5sc(C=O)cc5CC(CC)CCCC)cc32)C(c2ccc(CCCCCC)cc2)(c2ccc(CCCCCC)cc2)c2cc(-c3sc(C=O)cc3CC(CC)CCCC)sc2-4)cc1. The lowest BCUT2D eigenvalue weighted by atomic mass is 9.65. The number of hydrogen-bond acceptors (Lipinski definition) is 6. The first kappa shape index (κ1) is 71.5. The summed E-state index contributed by atoms with van der Waals surface area (Å²) < 4.78 is 0. The number of benzene rings is 5. The van der Waals surface area contributed by atoms with Gasteiger partial charge in [0, 0.05) is 29.3 Å². The lowest BCUT2D eigenvalue weighted by molar-refractivity contribution is 0.111. The Balaban J connectivity index is 1.21. The largest absolute Gasteiger partial charge is 0.297 e. The van der Waals surface area contributed by atoms with Gasteiger partial charge in [-0.2, -0.15) is 0 Å². The molecule has 11 rings (SSSR count). The highest BCUT2D eigenvalue weighted by molar-refractivity contribution is 7.25. The molecule has 2 nitrogen and oxygen atoms in total. The zero-order chi connectivity index (χ0) is 67.0. The van der Waals surface area contributed by atoms with E-state index in [9.17, 15) is 9.59 Å². The van der Waals surface area contributed by atoms with Gasteiger partial charge in [-0.1, -0.05) is 281 Å². The maximum Gasteiger partial charge on any atom is 0.160 e.